The fraction of sp³-hybridized carbons (Fsp3) is 0.160. The average Bonchev–Trinajstić information content (AvgIpc) is 3.20. The molecule has 0 saturated heterocycles. The van der Waals surface area contributed by atoms with E-state index < -0.39 is 0 Å². The molecule has 3 heterocycles. The molecule has 0 radical (unpaired) electrons. The zero-order chi connectivity index (χ0) is 20.5. The molecule has 0 saturated carbocycles. The van der Waals surface area contributed by atoms with Crippen LogP contribution in [0.5, 0.6) is 0 Å². The summed E-state index contributed by atoms with van der Waals surface area (Å²) in [6.45, 7) is 2.15. The number of halogens is 1. The van der Waals surface area contributed by atoms with Crippen molar-refractivity contribution in [2.24, 2.45) is 0 Å². The maximum Gasteiger partial charge on any atom is 0.160 e. The number of pyridine rings is 2. The first-order valence-corrected chi connectivity index (χ1v) is 10.2. The topological polar surface area (TPSA) is 43.1 Å². The van der Waals surface area contributed by atoms with Gasteiger partial charge < -0.3 is 0 Å². The fourth-order valence-corrected chi connectivity index (χ4v) is 3.86. The zero-order valence-corrected chi connectivity index (χ0v) is 16.7. The van der Waals surface area contributed by atoms with Crippen LogP contribution in [0, 0.1) is 5.82 Å². The maximum absolute atomic E-state index is 13.3. The first-order chi connectivity index (χ1) is 14.7. The lowest BCUT2D eigenvalue weighted by atomic mass is 10.0. The minimum Gasteiger partial charge on any atom is -0.286 e. The Morgan fingerprint density at radius 3 is 2.53 bits per heavy atom. The van der Waals surface area contributed by atoms with Crippen LogP contribution in [0.4, 0.5) is 4.39 Å². The van der Waals surface area contributed by atoms with Gasteiger partial charge in [0.1, 0.15) is 11.6 Å². The number of hydrogen-bond acceptors (Lipinski definition) is 3. The summed E-state index contributed by atoms with van der Waals surface area (Å²) in [7, 11) is 0. The highest BCUT2D eigenvalue weighted by Crippen LogP contribution is 2.23. The SMILES string of the molecule is CCc1ccc2c(CCc3nnc4ccc(-c5ccc(F)cc5)cn34)ccnc2c1. The molecule has 0 atom stereocenters. The normalized spacial score (nSPS) is 11.4. The summed E-state index contributed by atoms with van der Waals surface area (Å²) in [4.78, 5) is 4.54. The molecule has 30 heavy (non-hydrogen) atoms. The van der Waals surface area contributed by atoms with Gasteiger partial charge in [-0.3, -0.25) is 9.38 Å². The first kappa shape index (κ1) is 18.4. The molecule has 0 unspecified atom stereocenters. The molecule has 148 valence electrons. The van der Waals surface area contributed by atoms with Gasteiger partial charge in [-0.2, -0.15) is 0 Å². The van der Waals surface area contributed by atoms with Crippen LogP contribution in [0.25, 0.3) is 27.7 Å². The van der Waals surface area contributed by atoms with Gasteiger partial charge >= 0.3 is 0 Å². The third-order valence-electron chi connectivity index (χ3n) is 5.57. The molecule has 2 aromatic carbocycles. The number of hydrogen-bond donors (Lipinski definition) is 0. The van der Waals surface area contributed by atoms with Crippen LogP contribution in [0.1, 0.15) is 23.9 Å². The number of aryl methyl sites for hydroxylation is 3. The van der Waals surface area contributed by atoms with Gasteiger partial charge in [-0.1, -0.05) is 31.2 Å². The van der Waals surface area contributed by atoms with Crippen LogP contribution in [0.2, 0.25) is 0 Å². The van der Waals surface area contributed by atoms with Gasteiger partial charge in [-0.05, 0) is 71.5 Å². The lowest BCUT2D eigenvalue weighted by molar-refractivity contribution is 0.628. The van der Waals surface area contributed by atoms with Crippen molar-refractivity contribution in [1.82, 2.24) is 19.6 Å². The zero-order valence-electron chi connectivity index (χ0n) is 16.7. The van der Waals surface area contributed by atoms with E-state index in [0.717, 1.165) is 47.4 Å². The van der Waals surface area contributed by atoms with Crippen LogP contribution in [0.3, 0.4) is 0 Å². The quantitative estimate of drug-likeness (QED) is 0.398. The van der Waals surface area contributed by atoms with Crippen molar-refractivity contribution >= 4 is 16.6 Å². The Kier molecular flexibility index (Phi) is 4.71. The average molecular weight is 396 g/mol. The van der Waals surface area contributed by atoms with Gasteiger partial charge in [-0.25, -0.2) is 4.39 Å². The lowest BCUT2D eigenvalue weighted by Gasteiger charge is -2.08. The van der Waals surface area contributed by atoms with E-state index >= 15 is 0 Å². The minimum atomic E-state index is -0.236. The third-order valence-corrected chi connectivity index (χ3v) is 5.57. The molecule has 0 bridgehead atoms. The first-order valence-electron chi connectivity index (χ1n) is 10.2. The molecule has 0 aliphatic carbocycles. The van der Waals surface area contributed by atoms with Crippen LogP contribution >= 0.6 is 0 Å². The predicted octanol–water partition coefficient (Wildman–Crippen LogP) is 5.43. The van der Waals surface area contributed by atoms with E-state index in [1.807, 2.05) is 28.9 Å². The van der Waals surface area contributed by atoms with Crippen molar-refractivity contribution in [3.63, 3.8) is 0 Å². The van der Waals surface area contributed by atoms with Crippen LogP contribution in [0.15, 0.2) is 73.1 Å². The molecular formula is C25H21FN4. The summed E-state index contributed by atoms with van der Waals surface area (Å²) in [5.41, 5.74) is 6.37. The van der Waals surface area contributed by atoms with Gasteiger partial charge in [0.25, 0.3) is 0 Å². The Bertz CT molecular complexity index is 1340. The van der Waals surface area contributed by atoms with E-state index in [-0.39, 0.29) is 5.82 Å². The van der Waals surface area contributed by atoms with E-state index in [1.165, 1.54) is 28.6 Å². The van der Waals surface area contributed by atoms with Crippen LogP contribution in [-0.2, 0) is 19.3 Å². The molecule has 5 heteroatoms. The molecule has 5 aromatic rings. The fourth-order valence-electron chi connectivity index (χ4n) is 3.86. The summed E-state index contributed by atoms with van der Waals surface area (Å²) < 4.78 is 15.3. The van der Waals surface area contributed by atoms with E-state index in [4.69, 9.17) is 0 Å². The molecular weight excluding hydrogens is 375 g/mol. The second kappa shape index (κ2) is 7.67. The predicted molar refractivity (Wildman–Crippen MR) is 117 cm³/mol. The van der Waals surface area contributed by atoms with Gasteiger partial charge in [0.15, 0.2) is 5.65 Å². The van der Waals surface area contributed by atoms with Crippen molar-refractivity contribution in [3.8, 4) is 11.1 Å². The number of aromatic nitrogens is 4. The summed E-state index contributed by atoms with van der Waals surface area (Å²) in [6.07, 6.45) is 6.53. The Morgan fingerprint density at radius 2 is 1.70 bits per heavy atom. The second-order valence-corrected chi connectivity index (χ2v) is 7.44. The van der Waals surface area contributed by atoms with Crippen molar-refractivity contribution < 1.29 is 4.39 Å². The molecule has 4 nitrogen and oxygen atoms in total. The minimum absolute atomic E-state index is 0.236. The Balaban J connectivity index is 1.45. The Morgan fingerprint density at radius 1 is 0.867 bits per heavy atom. The Hall–Kier alpha value is -3.60. The maximum atomic E-state index is 13.3. The van der Waals surface area contributed by atoms with Crippen molar-refractivity contribution in [1.29, 1.82) is 0 Å². The molecule has 3 aromatic heterocycles. The monoisotopic (exact) mass is 396 g/mol. The molecule has 5 rings (SSSR count). The number of nitrogens with zero attached hydrogens (tertiary/aromatic N) is 4. The van der Waals surface area contributed by atoms with Gasteiger partial charge in [0.05, 0.1) is 5.52 Å². The van der Waals surface area contributed by atoms with Crippen LogP contribution < -0.4 is 0 Å². The smallest absolute Gasteiger partial charge is 0.160 e. The summed E-state index contributed by atoms with van der Waals surface area (Å²) >= 11 is 0. The molecule has 0 spiro atoms. The van der Waals surface area contributed by atoms with Gasteiger partial charge in [0.2, 0.25) is 0 Å². The summed E-state index contributed by atoms with van der Waals surface area (Å²) in [5.74, 6) is 0.671. The number of rotatable bonds is 5. The summed E-state index contributed by atoms with van der Waals surface area (Å²) in [5, 5.41) is 9.90. The summed E-state index contributed by atoms with van der Waals surface area (Å²) in [6, 6.07) is 19.1. The molecule has 0 aliphatic rings. The van der Waals surface area contributed by atoms with Gasteiger partial charge in [-0.15, -0.1) is 10.2 Å². The molecule has 0 amide bonds. The lowest BCUT2D eigenvalue weighted by Crippen LogP contribution is -2.00. The highest BCUT2D eigenvalue weighted by atomic mass is 19.1. The van der Waals surface area contributed by atoms with E-state index in [0.29, 0.717) is 0 Å². The third kappa shape index (κ3) is 3.43. The van der Waals surface area contributed by atoms with Crippen LogP contribution in [-0.4, -0.2) is 19.6 Å². The van der Waals surface area contributed by atoms with Crippen molar-refractivity contribution in [3.05, 3.63) is 95.8 Å². The van der Waals surface area contributed by atoms with Crippen molar-refractivity contribution in [2.45, 2.75) is 26.2 Å². The van der Waals surface area contributed by atoms with Crippen molar-refractivity contribution in [2.75, 3.05) is 0 Å². The van der Waals surface area contributed by atoms with E-state index in [9.17, 15) is 4.39 Å². The van der Waals surface area contributed by atoms with E-state index in [1.54, 1.807) is 12.1 Å². The largest absolute Gasteiger partial charge is 0.286 e. The number of fused-ring (bicyclic) bond motifs is 2. The molecule has 0 fully saturated rings. The standard InChI is InChI=1S/C25H21FN4/c1-2-17-3-10-22-19(13-14-27-23(22)15-17)6-11-24-28-29-25-12-7-20(16-30(24)25)18-4-8-21(26)9-5-18/h3-5,7-10,12-16H,2,6,11H2,1H3. The number of benzene rings is 2. The van der Waals surface area contributed by atoms with Gasteiger partial charge in [0, 0.05) is 24.2 Å². The molecule has 0 aliphatic heterocycles. The Labute approximate surface area is 174 Å². The molecule has 0 N–H and O–H groups in total. The second-order valence-electron chi connectivity index (χ2n) is 7.44. The highest BCUT2D eigenvalue weighted by molar-refractivity contribution is 5.82. The highest BCUT2D eigenvalue weighted by Gasteiger charge is 2.10. The van der Waals surface area contributed by atoms with E-state index in [2.05, 4.69) is 46.4 Å².